The molecule has 1 aromatic rings. The second-order valence-electron chi connectivity index (χ2n) is 1.64. The highest BCUT2D eigenvalue weighted by molar-refractivity contribution is 6.43. The van der Waals surface area contributed by atoms with Crippen LogP contribution in [-0.4, -0.2) is 5.21 Å². The highest BCUT2D eigenvalue weighted by Gasteiger charge is 1.94. The Hall–Kier alpha value is -0.510. The average Bonchev–Trinajstić information content (AvgIpc) is 1.99. The van der Waals surface area contributed by atoms with Crippen LogP contribution >= 0.6 is 34.8 Å². The van der Waals surface area contributed by atoms with Crippen LogP contribution in [0.5, 0.6) is 0 Å². The van der Waals surface area contributed by atoms with Gasteiger partial charge >= 0.3 is 0 Å². The first-order valence-electron chi connectivity index (χ1n) is 2.69. The zero-order chi connectivity index (χ0) is 9.56. The summed E-state index contributed by atoms with van der Waals surface area (Å²) in [5.41, 5.74) is 0. The molecular weight excluding hydrogens is 224 g/mol. The van der Waals surface area contributed by atoms with Crippen LogP contribution in [-0.2, 0) is 0 Å². The van der Waals surface area contributed by atoms with E-state index in [9.17, 15) is 0 Å². The zero-order valence-corrected chi connectivity index (χ0v) is 7.94. The Labute approximate surface area is 83.8 Å². The topological polar surface area (TPSA) is 49.7 Å². The molecule has 0 spiro atoms. The fraction of sp³-hybridized carbons (Fsp3) is 0. The first-order valence-corrected chi connectivity index (χ1v) is 3.82. The minimum absolute atomic E-state index is 0.490. The molecule has 0 unspecified atom stereocenters. The molecule has 1 N–H and O–H groups in total. The molecule has 0 aliphatic carbocycles. The minimum Gasteiger partial charge on any atom is -0.379 e. The molecule has 0 atom stereocenters. The maximum Gasteiger partial charge on any atom is 0.152 e. The van der Waals surface area contributed by atoms with E-state index in [2.05, 4.69) is 0 Å². The van der Waals surface area contributed by atoms with Crippen LogP contribution in [0, 0.1) is 4.91 Å². The highest BCUT2D eigenvalue weighted by Crippen LogP contribution is 2.24. The van der Waals surface area contributed by atoms with Crippen molar-refractivity contribution in [1.82, 2.24) is 0 Å². The summed E-state index contributed by atoms with van der Waals surface area (Å²) in [5, 5.41) is 9.51. The summed E-state index contributed by atoms with van der Waals surface area (Å²) in [4.78, 5) is 8.11. The SMILES string of the molecule is Clc1ccc(Cl)c(Cl)c1.O=NO. The van der Waals surface area contributed by atoms with E-state index >= 15 is 0 Å². The standard InChI is InChI=1S/C6H3Cl3.HNO2/c7-4-1-2-5(8)6(9)3-4;2-1-3/h1-3H;(H,2,3). The van der Waals surface area contributed by atoms with Gasteiger partial charge in [-0.15, -0.1) is 4.91 Å². The van der Waals surface area contributed by atoms with Gasteiger partial charge in [0, 0.05) is 5.02 Å². The predicted octanol–water partition coefficient (Wildman–Crippen LogP) is 3.79. The van der Waals surface area contributed by atoms with Gasteiger partial charge in [-0.2, -0.15) is 0 Å². The summed E-state index contributed by atoms with van der Waals surface area (Å²) in [6, 6.07) is 4.95. The lowest BCUT2D eigenvalue weighted by molar-refractivity contribution is 0.312. The van der Waals surface area contributed by atoms with Crippen LogP contribution in [0.2, 0.25) is 15.1 Å². The lowest BCUT2D eigenvalue weighted by atomic mass is 10.4. The third kappa shape index (κ3) is 4.38. The Morgan fingerprint density at radius 1 is 1.17 bits per heavy atom. The van der Waals surface area contributed by atoms with Crippen LogP contribution in [0.15, 0.2) is 23.5 Å². The van der Waals surface area contributed by atoms with Gasteiger partial charge in [-0.05, 0) is 18.2 Å². The summed E-state index contributed by atoms with van der Waals surface area (Å²) in [5.74, 6) is 0. The summed E-state index contributed by atoms with van der Waals surface area (Å²) in [7, 11) is 0. The molecule has 0 amide bonds. The first kappa shape index (κ1) is 11.5. The summed E-state index contributed by atoms with van der Waals surface area (Å²) in [6.07, 6.45) is 0. The fourth-order valence-corrected chi connectivity index (χ4v) is 0.997. The van der Waals surface area contributed by atoms with Crippen LogP contribution < -0.4 is 0 Å². The smallest absolute Gasteiger partial charge is 0.152 e. The Kier molecular flexibility index (Phi) is 5.80. The van der Waals surface area contributed by atoms with E-state index < -0.39 is 0 Å². The number of halogens is 3. The van der Waals surface area contributed by atoms with Gasteiger partial charge in [0.05, 0.1) is 10.0 Å². The molecule has 66 valence electrons. The molecule has 1 rings (SSSR count). The number of rotatable bonds is 0. The van der Waals surface area contributed by atoms with Gasteiger partial charge < -0.3 is 5.21 Å². The lowest BCUT2D eigenvalue weighted by Gasteiger charge is -1.92. The van der Waals surface area contributed by atoms with Crippen molar-refractivity contribution in [2.45, 2.75) is 0 Å². The van der Waals surface area contributed by atoms with E-state index in [0.29, 0.717) is 15.1 Å². The minimum atomic E-state index is 0.490. The molecule has 0 bridgehead atoms. The zero-order valence-electron chi connectivity index (χ0n) is 5.67. The molecule has 0 aromatic heterocycles. The van der Waals surface area contributed by atoms with Crippen molar-refractivity contribution in [1.29, 1.82) is 0 Å². The molecular formula is C6H4Cl3NO2. The number of hydrogen-bond acceptors (Lipinski definition) is 2. The fourth-order valence-electron chi connectivity index (χ4n) is 0.470. The molecule has 0 fully saturated rings. The second-order valence-corrected chi connectivity index (χ2v) is 2.89. The predicted molar refractivity (Wildman–Crippen MR) is 49.1 cm³/mol. The molecule has 0 radical (unpaired) electrons. The van der Waals surface area contributed by atoms with Gasteiger partial charge in [0.2, 0.25) is 0 Å². The number of benzene rings is 1. The normalized spacial score (nSPS) is 8.25. The largest absolute Gasteiger partial charge is 0.379 e. The van der Waals surface area contributed by atoms with Gasteiger partial charge in [0.25, 0.3) is 0 Å². The van der Waals surface area contributed by atoms with Crippen molar-refractivity contribution < 1.29 is 5.21 Å². The van der Waals surface area contributed by atoms with Crippen LogP contribution in [0.1, 0.15) is 0 Å². The van der Waals surface area contributed by atoms with E-state index in [1.54, 1.807) is 18.2 Å². The van der Waals surface area contributed by atoms with Gasteiger partial charge in [-0.1, -0.05) is 34.8 Å². The molecule has 6 heteroatoms. The highest BCUT2D eigenvalue weighted by atomic mass is 35.5. The van der Waals surface area contributed by atoms with Crippen LogP contribution in [0.25, 0.3) is 0 Å². The summed E-state index contributed by atoms with van der Waals surface area (Å²) >= 11 is 16.8. The van der Waals surface area contributed by atoms with Crippen molar-refractivity contribution in [2.75, 3.05) is 0 Å². The van der Waals surface area contributed by atoms with Gasteiger partial charge in [0.1, 0.15) is 0 Å². The molecule has 0 aliphatic heterocycles. The molecule has 0 saturated heterocycles. The van der Waals surface area contributed by atoms with Gasteiger partial charge in [-0.25, -0.2) is 0 Å². The maximum atomic E-state index is 8.11. The Balaban J connectivity index is 0.000000354. The second kappa shape index (κ2) is 6.06. The molecule has 3 nitrogen and oxygen atoms in total. The van der Waals surface area contributed by atoms with Gasteiger partial charge in [-0.3, -0.25) is 0 Å². The molecule has 1 aromatic carbocycles. The maximum absolute atomic E-state index is 8.11. The molecule has 12 heavy (non-hydrogen) atoms. The average molecular weight is 228 g/mol. The summed E-state index contributed by atoms with van der Waals surface area (Å²) < 4.78 is 0. The molecule has 0 saturated carbocycles. The van der Waals surface area contributed by atoms with Crippen molar-refractivity contribution in [3.8, 4) is 0 Å². The van der Waals surface area contributed by atoms with Crippen molar-refractivity contribution in [3.05, 3.63) is 38.2 Å². The van der Waals surface area contributed by atoms with E-state index in [1.165, 1.54) is 5.34 Å². The Morgan fingerprint density at radius 2 is 1.67 bits per heavy atom. The quantitative estimate of drug-likeness (QED) is 0.417. The van der Waals surface area contributed by atoms with E-state index in [0.717, 1.165) is 0 Å². The van der Waals surface area contributed by atoms with Crippen LogP contribution in [0.4, 0.5) is 0 Å². The van der Waals surface area contributed by atoms with Gasteiger partial charge in [0.15, 0.2) is 5.34 Å². The summed E-state index contributed by atoms with van der Waals surface area (Å²) in [6.45, 7) is 0. The Morgan fingerprint density at radius 3 is 2.00 bits per heavy atom. The van der Waals surface area contributed by atoms with Crippen molar-refractivity contribution in [3.63, 3.8) is 0 Å². The van der Waals surface area contributed by atoms with Crippen molar-refractivity contribution >= 4 is 34.8 Å². The number of hydrogen-bond donors (Lipinski definition) is 1. The third-order valence-electron chi connectivity index (χ3n) is 0.882. The van der Waals surface area contributed by atoms with E-state index in [1.807, 2.05) is 0 Å². The monoisotopic (exact) mass is 227 g/mol. The van der Waals surface area contributed by atoms with E-state index in [-0.39, 0.29) is 0 Å². The Bertz CT molecular complexity index is 267. The lowest BCUT2D eigenvalue weighted by Crippen LogP contribution is -1.66. The number of nitrogens with zero attached hydrogens (tertiary/aromatic N) is 1. The molecule has 0 heterocycles. The third-order valence-corrected chi connectivity index (χ3v) is 1.86. The molecule has 0 aliphatic rings. The first-order chi connectivity index (χ1) is 5.61. The van der Waals surface area contributed by atoms with E-state index in [4.69, 9.17) is 44.9 Å². The van der Waals surface area contributed by atoms with Crippen molar-refractivity contribution in [2.24, 2.45) is 5.34 Å². The van der Waals surface area contributed by atoms with Crippen LogP contribution in [0.3, 0.4) is 0 Å².